The summed E-state index contributed by atoms with van der Waals surface area (Å²) in [5.41, 5.74) is -0.899. The van der Waals surface area contributed by atoms with Crippen molar-refractivity contribution in [3.63, 3.8) is 0 Å². The maximum atomic E-state index is 13.8. The summed E-state index contributed by atoms with van der Waals surface area (Å²) in [5.74, 6) is -3.67. The first-order valence-electron chi connectivity index (χ1n) is 5.60. The van der Waals surface area contributed by atoms with Crippen LogP contribution in [0.4, 0.5) is 22.0 Å². The highest BCUT2D eigenvalue weighted by Gasteiger charge is 2.39. The van der Waals surface area contributed by atoms with Gasteiger partial charge in [0, 0.05) is 23.5 Å². The van der Waals surface area contributed by atoms with Crippen LogP contribution in [0.2, 0.25) is 0 Å². The molecule has 0 amide bonds. The predicted octanol–water partition coefficient (Wildman–Crippen LogP) is 4.32. The van der Waals surface area contributed by atoms with Crippen molar-refractivity contribution in [2.24, 2.45) is 0 Å². The lowest BCUT2D eigenvalue weighted by Gasteiger charge is -2.08. The van der Waals surface area contributed by atoms with Gasteiger partial charge in [-0.25, -0.2) is 8.78 Å². The third kappa shape index (κ3) is 3.31. The average Bonchev–Trinajstić information content (AvgIpc) is 2.85. The van der Waals surface area contributed by atoms with Gasteiger partial charge in [0.05, 0.1) is 11.0 Å². The predicted molar refractivity (Wildman–Crippen MR) is 68.0 cm³/mol. The molecule has 1 aromatic carbocycles. The van der Waals surface area contributed by atoms with E-state index in [0.717, 1.165) is 29.1 Å². The Morgan fingerprint density at radius 1 is 1.19 bits per heavy atom. The summed E-state index contributed by atoms with van der Waals surface area (Å²) >= 11 is 2.89. The van der Waals surface area contributed by atoms with Crippen molar-refractivity contribution >= 4 is 21.7 Å². The monoisotopic (exact) mass is 367 g/mol. The lowest BCUT2D eigenvalue weighted by molar-refractivity contribution is -0.0885. The number of carbonyl (C=O) groups excluding carboxylic acids is 1. The lowest BCUT2D eigenvalue weighted by atomic mass is 10.2. The molecular weight excluding hydrogens is 361 g/mol. The van der Waals surface area contributed by atoms with Gasteiger partial charge in [-0.05, 0) is 34.1 Å². The van der Waals surface area contributed by atoms with Crippen molar-refractivity contribution < 1.29 is 26.7 Å². The number of ketones is 1. The van der Waals surface area contributed by atoms with Crippen molar-refractivity contribution in [1.29, 1.82) is 0 Å². The van der Waals surface area contributed by atoms with E-state index < -0.39 is 29.2 Å². The number of rotatable bonds is 3. The molecule has 0 N–H and O–H groups in total. The van der Waals surface area contributed by atoms with E-state index in [4.69, 9.17) is 0 Å². The number of carbonyl (C=O) groups is 1. The van der Waals surface area contributed by atoms with Gasteiger partial charge in [0.2, 0.25) is 0 Å². The zero-order valence-corrected chi connectivity index (χ0v) is 11.8. The largest absolute Gasteiger partial charge is 0.454 e. The zero-order chi connectivity index (χ0) is 15.8. The second-order valence-corrected chi connectivity index (χ2v) is 5.08. The van der Waals surface area contributed by atoms with Gasteiger partial charge in [-0.2, -0.15) is 13.2 Å². The first-order valence-corrected chi connectivity index (χ1v) is 6.39. The standard InChI is InChI=1S/C13H7BrF5NO/c14-9-1-2-10(15)8(11(9)16)6-20-4-3-7(5-20)12(21)13(17,18)19/h1-5H,6H2. The minimum absolute atomic E-state index is 0.0395. The number of hydrogen-bond donors (Lipinski definition) is 0. The maximum Gasteiger partial charge on any atom is 0.454 e. The van der Waals surface area contributed by atoms with E-state index in [1.54, 1.807) is 0 Å². The second-order valence-electron chi connectivity index (χ2n) is 4.22. The molecule has 0 radical (unpaired) electrons. The van der Waals surface area contributed by atoms with Crippen molar-refractivity contribution in [3.05, 3.63) is 57.8 Å². The van der Waals surface area contributed by atoms with E-state index in [1.807, 2.05) is 0 Å². The van der Waals surface area contributed by atoms with Gasteiger partial charge in [0.1, 0.15) is 11.6 Å². The summed E-state index contributed by atoms with van der Waals surface area (Å²) in [6.45, 7) is -0.331. The van der Waals surface area contributed by atoms with Crippen LogP contribution in [0.25, 0.3) is 0 Å². The molecule has 0 aliphatic rings. The van der Waals surface area contributed by atoms with Crippen molar-refractivity contribution in [2.45, 2.75) is 12.7 Å². The van der Waals surface area contributed by atoms with Gasteiger partial charge in [-0.1, -0.05) is 0 Å². The molecule has 1 aromatic heterocycles. The Morgan fingerprint density at radius 2 is 1.86 bits per heavy atom. The number of halogens is 6. The van der Waals surface area contributed by atoms with Crippen LogP contribution in [0.3, 0.4) is 0 Å². The topological polar surface area (TPSA) is 22.0 Å². The zero-order valence-electron chi connectivity index (χ0n) is 10.2. The Balaban J connectivity index is 2.29. The van der Waals surface area contributed by atoms with E-state index in [-0.39, 0.29) is 16.6 Å². The highest BCUT2D eigenvalue weighted by Crippen LogP contribution is 2.24. The Morgan fingerprint density at radius 3 is 2.48 bits per heavy atom. The fraction of sp³-hybridized carbons (Fsp3) is 0.154. The molecule has 8 heteroatoms. The summed E-state index contributed by atoms with van der Waals surface area (Å²) in [6, 6.07) is 3.17. The number of nitrogens with zero attached hydrogens (tertiary/aromatic N) is 1. The molecule has 0 saturated heterocycles. The molecule has 0 saturated carbocycles. The first kappa shape index (κ1) is 15.7. The molecule has 1 heterocycles. The Kier molecular flexibility index (Phi) is 4.18. The summed E-state index contributed by atoms with van der Waals surface area (Å²) in [6.07, 6.45) is -2.94. The van der Waals surface area contributed by atoms with Crippen molar-refractivity contribution in [1.82, 2.24) is 4.57 Å². The Hall–Kier alpha value is -1.70. The molecule has 112 valence electrons. The molecule has 2 rings (SSSR count). The van der Waals surface area contributed by atoms with Crippen LogP contribution in [0, 0.1) is 11.6 Å². The van der Waals surface area contributed by atoms with E-state index in [1.165, 1.54) is 6.07 Å². The quantitative estimate of drug-likeness (QED) is 0.449. The van der Waals surface area contributed by atoms with E-state index in [9.17, 15) is 26.7 Å². The minimum Gasteiger partial charge on any atom is -0.349 e. The molecule has 0 atom stereocenters. The normalized spacial score (nSPS) is 11.7. The molecule has 2 aromatic rings. The van der Waals surface area contributed by atoms with E-state index >= 15 is 0 Å². The molecule has 0 spiro atoms. The van der Waals surface area contributed by atoms with Gasteiger partial charge in [0.25, 0.3) is 5.78 Å². The molecule has 21 heavy (non-hydrogen) atoms. The number of benzene rings is 1. The smallest absolute Gasteiger partial charge is 0.349 e. The van der Waals surface area contributed by atoms with Crippen molar-refractivity contribution in [3.8, 4) is 0 Å². The van der Waals surface area contributed by atoms with Gasteiger partial charge >= 0.3 is 6.18 Å². The molecule has 0 fully saturated rings. The fourth-order valence-corrected chi connectivity index (χ4v) is 2.11. The summed E-state index contributed by atoms with van der Waals surface area (Å²) in [7, 11) is 0. The minimum atomic E-state index is -4.99. The van der Waals surface area contributed by atoms with E-state index in [0.29, 0.717) is 0 Å². The summed E-state index contributed by atoms with van der Waals surface area (Å²) < 4.78 is 65.3. The number of alkyl halides is 3. The highest BCUT2D eigenvalue weighted by atomic mass is 79.9. The van der Waals surface area contributed by atoms with Gasteiger partial charge in [-0.15, -0.1) is 0 Å². The van der Waals surface area contributed by atoms with E-state index in [2.05, 4.69) is 15.9 Å². The van der Waals surface area contributed by atoms with Crippen LogP contribution >= 0.6 is 15.9 Å². The van der Waals surface area contributed by atoms with Crippen molar-refractivity contribution in [2.75, 3.05) is 0 Å². The summed E-state index contributed by atoms with van der Waals surface area (Å²) in [4.78, 5) is 11.0. The molecule has 0 aliphatic carbocycles. The van der Waals surface area contributed by atoms with Crippen LogP contribution in [0.15, 0.2) is 35.1 Å². The first-order chi connectivity index (χ1) is 9.70. The van der Waals surface area contributed by atoms with Crippen LogP contribution < -0.4 is 0 Å². The van der Waals surface area contributed by atoms with Gasteiger partial charge in [-0.3, -0.25) is 4.79 Å². The molecule has 0 aliphatic heterocycles. The second kappa shape index (κ2) is 5.59. The van der Waals surface area contributed by atoms with Gasteiger partial charge < -0.3 is 4.57 Å². The van der Waals surface area contributed by atoms with Crippen LogP contribution in [-0.2, 0) is 6.54 Å². The highest BCUT2D eigenvalue weighted by molar-refractivity contribution is 9.10. The Labute approximate surface area is 124 Å². The number of aromatic nitrogens is 1. The van der Waals surface area contributed by atoms with Gasteiger partial charge in [0.15, 0.2) is 0 Å². The Bertz CT molecular complexity index is 692. The molecular formula is C13H7BrF5NO. The summed E-state index contributed by atoms with van der Waals surface area (Å²) in [5, 5.41) is 0. The van der Waals surface area contributed by atoms with Crippen LogP contribution in [-0.4, -0.2) is 16.5 Å². The average molecular weight is 368 g/mol. The molecule has 2 nitrogen and oxygen atoms in total. The SMILES string of the molecule is O=C(c1ccn(Cc2c(F)ccc(Br)c2F)c1)C(F)(F)F. The molecule has 0 unspecified atom stereocenters. The number of hydrogen-bond acceptors (Lipinski definition) is 1. The van der Waals surface area contributed by atoms with Crippen LogP contribution in [0.1, 0.15) is 15.9 Å². The van der Waals surface area contributed by atoms with Crippen LogP contribution in [0.5, 0.6) is 0 Å². The third-order valence-electron chi connectivity index (χ3n) is 2.75. The maximum absolute atomic E-state index is 13.8. The third-order valence-corrected chi connectivity index (χ3v) is 3.36. The number of Topliss-reactive ketones (excluding diaryl/α,β-unsaturated/α-hetero) is 1. The fourth-order valence-electron chi connectivity index (χ4n) is 1.73. The lowest BCUT2D eigenvalue weighted by Crippen LogP contribution is -2.22. The molecule has 0 bridgehead atoms.